The van der Waals surface area contributed by atoms with E-state index in [0.29, 0.717) is 11.1 Å². The Morgan fingerprint density at radius 1 is 1.09 bits per heavy atom. The summed E-state index contributed by atoms with van der Waals surface area (Å²) in [6.07, 6.45) is 1.39. The van der Waals surface area contributed by atoms with Crippen LogP contribution in [0.4, 0.5) is 4.39 Å². The Balaban J connectivity index is 1.77. The molecule has 2 rings (SSSR count). The lowest BCUT2D eigenvalue weighted by Gasteiger charge is -2.04. The molecule has 0 atom stereocenters. The smallest absolute Gasteiger partial charge is 0.259 e. The van der Waals surface area contributed by atoms with Gasteiger partial charge in [0.15, 0.2) is 0 Å². The fraction of sp³-hybridized carbons (Fsp3) is 0.118. The number of aryl methyl sites for hydroxylation is 1. The summed E-state index contributed by atoms with van der Waals surface area (Å²) >= 11 is 0. The monoisotopic (exact) mass is 313 g/mol. The largest absolute Gasteiger partial charge is 0.343 e. The summed E-state index contributed by atoms with van der Waals surface area (Å²) in [4.78, 5) is 23.4. The molecule has 5 nitrogen and oxygen atoms in total. The van der Waals surface area contributed by atoms with E-state index in [1.165, 1.54) is 30.5 Å². The SMILES string of the molecule is Cc1ccc(C(=O)NCC(=O)N/N=C\c2ccc(F)cc2)cc1. The molecule has 23 heavy (non-hydrogen) atoms. The number of carbonyl (C=O) groups excluding carboxylic acids is 2. The molecule has 0 heterocycles. The maximum absolute atomic E-state index is 12.7. The molecule has 2 aromatic rings. The van der Waals surface area contributed by atoms with Gasteiger partial charge >= 0.3 is 0 Å². The van der Waals surface area contributed by atoms with Crippen LogP contribution in [0.3, 0.4) is 0 Å². The van der Waals surface area contributed by atoms with Crippen LogP contribution in [0.1, 0.15) is 21.5 Å². The van der Waals surface area contributed by atoms with Gasteiger partial charge in [0.05, 0.1) is 12.8 Å². The van der Waals surface area contributed by atoms with Crippen LogP contribution >= 0.6 is 0 Å². The van der Waals surface area contributed by atoms with E-state index < -0.39 is 5.91 Å². The van der Waals surface area contributed by atoms with E-state index in [2.05, 4.69) is 15.8 Å². The van der Waals surface area contributed by atoms with Crippen molar-refractivity contribution in [2.75, 3.05) is 6.54 Å². The minimum absolute atomic E-state index is 0.187. The van der Waals surface area contributed by atoms with Gasteiger partial charge in [0.2, 0.25) is 0 Å². The quantitative estimate of drug-likeness (QED) is 0.655. The molecule has 2 amide bonds. The highest BCUT2D eigenvalue weighted by atomic mass is 19.1. The van der Waals surface area contributed by atoms with E-state index in [4.69, 9.17) is 0 Å². The lowest BCUT2D eigenvalue weighted by molar-refractivity contribution is -0.120. The highest BCUT2D eigenvalue weighted by Crippen LogP contribution is 2.02. The normalized spacial score (nSPS) is 10.5. The van der Waals surface area contributed by atoms with Gasteiger partial charge in [-0.15, -0.1) is 0 Å². The zero-order valence-corrected chi connectivity index (χ0v) is 12.5. The molecule has 2 N–H and O–H groups in total. The highest BCUT2D eigenvalue weighted by molar-refractivity contribution is 5.96. The molecular formula is C17H16FN3O2. The maximum atomic E-state index is 12.7. The second kappa shape index (κ2) is 7.84. The van der Waals surface area contributed by atoms with E-state index in [0.717, 1.165) is 5.56 Å². The van der Waals surface area contributed by atoms with Gasteiger partial charge in [-0.05, 0) is 36.8 Å². The molecule has 118 valence electrons. The zero-order chi connectivity index (χ0) is 16.7. The topological polar surface area (TPSA) is 70.6 Å². The number of benzene rings is 2. The van der Waals surface area contributed by atoms with Gasteiger partial charge in [0.1, 0.15) is 5.82 Å². The molecule has 0 radical (unpaired) electrons. The molecule has 0 bridgehead atoms. The van der Waals surface area contributed by atoms with Crippen molar-refractivity contribution in [1.82, 2.24) is 10.7 Å². The van der Waals surface area contributed by atoms with Crippen LogP contribution in [0.25, 0.3) is 0 Å². The summed E-state index contributed by atoms with van der Waals surface area (Å²) in [7, 11) is 0. The molecule has 0 unspecified atom stereocenters. The Morgan fingerprint density at radius 2 is 1.74 bits per heavy atom. The third-order valence-electron chi connectivity index (χ3n) is 3.00. The van der Waals surface area contributed by atoms with E-state index in [1.807, 2.05) is 19.1 Å². The number of hydrogen-bond acceptors (Lipinski definition) is 3. The van der Waals surface area contributed by atoms with Crippen LogP contribution in [0, 0.1) is 12.7 Å². The molecule has 0 spiro atoms. The van der Waals surface area contributed by atoms with E-state index in [9.17, 15) is 14.0 Å². The summed E-state index contributed by atoms with van der Waals surface area (Å²) < 4.78 is 12.7. The number of hydrazone groups is 1. The van der Waals surface area contributed by atoms with Gasteiger partial charge in [-0.25, -0.2) is 9.82 Å². The molecule has 0 saturated heterocycles. The Kier molecular flexibility index (Phi) is 5.57. The van der Waals surface area contributed by atoms with E-state index in [1.54, 1.807) is 12.1 Å². The first kappa shape index (κ1) is 16.4. The Bertz CT molecular complexity index is 710. The minimum atomic E-state index is -0.455. The van der Waals surface area contributed by atoms with Crippen molar-refractivity contribution in [2.24, 2.45) is 5.10 Å². The third-order valence-corrected chi connectivity index (χ3v) is 3.00. The molecule has 0 aliphatic heterocycles. The second-order valence-corrected chi connectivity index (χ2v) is 4.89. The zero-order valence-electron chi connectivity index (χ0n) is 12.5. The average molecular weight is 313 g/mol. The number of nitrogens with zero attached hydrogens (tertiary/aromatic N) is 1. The number of nitrogens with one attached hydrogen (secondary N) is 2. The summed E-state index contributed by atoms with van der Waals surface area (Å²) in [5.41, 5.74) is 4.47. The van der Waals surface area contributed by atoms with Crippen LogP contribution in [-0.2, 0) is 4.79 Å². The maximum Gasteiger partial charge on any atom is 0.259 e. The van der Waals surface area contributed by atoms with Gasteiger partial charge in [0.25, 0.3) is 11.8 Å². The molecule has 0 aliphatic rings. The first-order chi connectivity index (χ1) is 11.0. The van der Waals surface area contributed by atoms with Crippen molar-refractivity contribution < 1.29 is 14.0 Å². The van der Waals surface area contributed by atoms with Crippen molar-refractivity contribution in [3.8, 4) is 0 Å². The fourth-order valence-corrected chi connectivity index (χ4v) is 1.73. The van der Waals surface area contributed by atoms with Gasteiger partial charge in [0, 0.05) is 5.56 Å². The van der Waals surface area contributed by atoms with E-state index in [-0.39, 0.29) is 18.3 Å². The second-order valence-electron chi connectivity index (χ2n) is 4.89. The van der Waals surface area contributed by atoms with Gasteiger partial charge < -0.3 is 5.32 Å². The van der Waals surface area contributed by atoms with Crippen molar-refractivity contribution in [3.05, 3.63) is 71.0 Å². The molecule has 0 saturated carbocycles. The summed E-state index contributed by atoms with van der Waals surface area (Å²) in [5.74, 6) is -1.13. The van der Waals surface area contributed by atoms with Crippen LogP contribution in [-0.4, -0.2) is 24.6 Å². The summed E-state index contributed by atoms with van der Waals surface area (Å²) in [5, 5.41) is 6.24. The lowest BCUT2D eigenvalue weighted by atomic mass is 10.1. The van der Waals surface area contributed by atoms with Crippen LogP contribution in [0.5, 0.6) is 0 Å². The number of amides is 2. The molecular weight excluding hydrogens is 297 g/mol. The van der Waals surface area contributed by atoms with Crippen LogP contribution in [0.2, 0.25) is 0 Å². The van der Waals surface area contributed by atoms with Gasteiger partial charge in [-0.1, -0.05) is 29.8 Å². The van der Waals surface area contributed by atoms with Crippen LogP contribution < -0.4 is 10.7 Å². The number of hydrogen-bond donors (Lipinski definition) is 2. The predicted molar refractivity (Wildman–Crippen MR) is 85.6 cm³/mol. The summed E-state index contributed by atoms with van der Waals surface area (Å²) in [6, 6.07) is 12.7. The average Bonchev–Trinajstić information content (AvgIpc) is 2.55. The number of halogens is 1. The Hall–Kier alpha value is -3.02. The van der Waals surface area contributed by atoms with Crippen molar-refractivity contribution in [3.63, 3.8) is 0 Å². The third kappa shape index (κ3) is 5.35. The molecule has 0 aliphatic carbocycles. The Labute approximate surface area is 133 Å². The van der Waals surface area contributed by atoms with E-state index >= 15 is 0 Å². The fourth-order valence-electron chi connectivity index (χ4n) is 1.73. The molecule has 0 fully saturated rings. The number of carbonyl (C=O) groups is 2. The summed E-state index contributed by atoms with van der Waals surface area (Å²) in [6.45, 7) is 1.74. The molecule has 6 heteroatoms. The van der Waals surface area contributed by atoms with Gasteiger partial charge in [-0.2, -0.15) is 5.10 Å². The molecule has 2 aromatic carbocycles. The predicted octanol–water partition coefficient (Wildman–Crippen LogP) is 2.01. The number of rotatable bonds is 5. The van der Waals surface area contributed by atoms with Crippen molar-refractivity contribution >= 4 is 18.0 Å². The molecule has 0 aromatic heterocycles. The van der Waals surface area contributed by atoms with Gasteiger partial charge in [-0.3, -0.25) is 9.59 Å². The standard InChI is InChI=1S/C17H16FN3O2/c1-12-2-6-14(7-3-12)17(23)19-11-16(22)21-20-10-13-4-8-15(18)9-5-13/h2-10H,11H2,1H3,(H,19,23)(H,21,22)/b20-10-. The van der Waals surface area contributed by atoms with Crippen LogP contribution in [0.15, 0.2) is 53.6 Å². The first-order valence-corrected chi connectivity index (χ1v) is 6.97. The highest BCUT2D eigenvalue weighted by Gasteiger charge is 2.06. The first-order valence-electron chi connectivity index (χ1n) is 6.97. The minimum Gasteiger partial charge on any atom is -0.343 e. The Morgan fingerprint density at radius 3 is 2.39 bits per heavy atom. The van der Waals surface area contributed by atoms with Crippen molar-refractivity contribution in [2.45, 2.75) is 6.92 Å². The lowest BCUT2D eigenvalue weighted by Crippen LogP contribution is -2.34. The van der Waals surface area contributed by atoms with Crippen molar-refractivity contribution in [1.29, 1.82) is 0 Å².